The van der Waals surface area contributed by atoms with E-state index in [9.17, 15) is 14.4 Å². The SMILES string of the molecule is CCCC/C=C\C/C=C\CCCCCCCC(=O)OC[C@H](COC(=O)CCCCC/C=C\C/C=C\C/C=C\C/C=C\CCCCC)OC(=O)CCCCCCCCCCCCCCCCC. The molecule has 0 radical (unpaired) electrons. The van der Waals surface area contributed by atoms with Crippen molar-refractivity contribution in [2.45, 2.75) is 277 Å². The molecule has 0 fully saturated rings. The van der Waals surface area contributed by atoms with Gasteiger partial charge < -0.3 is 14.2 Å². The normalized spacial score (nSPS) is 12.6. The van der Waals surface area contributed by atoms with Gasteiger partial charge in [0.2, 0.25) is 0 Å². The quantitative estimate of drug-likeness (QED) is 0.0262. The van der Waals surface area contributed by atoms with Gasteiger partial charge in [0.1, 0.15) is 13.2 Å². The van der Waals surface area contributed by atoms with Crippen molar-refractivity contribution in [1.29, 1.82) is 0 Å². The lowest BCUT2D eigenvalue weighted by atomic mass is 10.0. The molecular formula is C60H104O6. The Hall–Kier alpha value is -3.15. The number of esters is 3. The third-order valence-corrected chi connectivity index (χ3v) is 11.9. The van der Waals surface area contributed by atoms with Crippen molar-refractivity contribution in [2.75, 3.05) is 13.2 Å². The van der Waals surface area contributed by atoms with Crippen LogP contribution >= 0.6 is 0 Å². The van der Waals surface area contributed by atoms with E-state index in [4.69, 9.17) is 14.2 Å². The van der Waals surface area contributed by atoms with E-state index >= 15 is 0 Å². The third kappa shape index (κ3) is 51.8. The molecule has 0 aliphatic heterocycles. The van der Waals surface area contributed by atoms with Gasteiger partial charge in [-0.25, -0.2) is 0 Å². The van der Waals surface area contributed by atoms with Gasteiger partial charge in [-0.05, 0) is 89.9 Å². The molecule has 0 aromatic heterocycles. The van der Waals surface area contributed by atoms with Crippen LogP contribution in [0.1, 0.15) is 271 Å². The predicted molar refractivity (Wildman–Crippen MR) is 284 cm³/mol. The van der Waals surface area contributed by atoms with Crippen LogP contribution in [0.3, 0.4) is 0 Å². The first-order valence-electron chi connectivity index (χ1n) is 27.9. The van der Waals surface area contributed by atoms with Crippen molar-refractivity contribution in [3.63, 3.8) is 0 Å². The second kappa shape index (κ2) is 54.5. The second-order valence-electron chi connectivity index (χ2n) is 18.5. The van der Waals surface area contributed by atoms with Crippen molar-refractivity contribution in [2.24, 2.45) is 0 Å². The summed E-state index contributed by atoms with van der Waals surface area (Å²) in [5.41, 5.74) is 0. The monoisotopic (exact) mass is 921 g/mol. The molecule has 0 aliphatic rings. The summed E-state index contributed by atoms with van der Waals surface area (Å²) in [6, 6.07) is 0. The number of hydrogen-bond acceptors (Lipinski definition) is 6. The van der Waals surface area contributed by atoms with Gasteiger partial charge in [-0.1, -0.05) is 235 Å². The van der Waals surface area contributed by atoms with Crippen LogP contribution in [0.4, 0.5) is 0 Å². The van der Waals surface area contributed by atoms with Crippen LogP contribution < -0.4 is 0 Å². The van der Waals surface area contributed by atoms with Crippen molar-refractivity contribution in [3.05, 3.63) is 72.9 Å². The third-order valence-electron chi connectivity index (χ3n) is 11.9. The van der Waals surface area contributed by atoms with Crippen LogP contribution in [0.2, 0.25) is 0 Å². The lowest BCUT2D eigenvalue weighted by Crippen LogP contribution is -2.30. The topological polar surface area (TPSA) is 78.9 Å². The van der Waals surface area contributed by atoms with Crippen LogP contribution in [0.25, 0.3) is 0 Å². The smallest absolute Gasteiger partial charge is 0.306 e. The molecule has 0 bridgehead atoms. The Kier molecular flexibility index (Phi) is 51.9. The molecule has 1 atom stereocenters. The Morgan fingerprint density at radius 2 is 0.561 bits per heavy atom. The molecule has 0 N–H and O–H groups in total. The number of hydrogen-bond donors (Lipinski definition) is 0. The molecule has 0 heterocycles. The van der Waals surface area contributed by atoms with Crippen LogP contribution in [0.5, 0.6) is 0 Å². The van der Waals surface area contributed by atoms with Crippen LogP contribution in [0, 0.1) is 0 Å². The molecule has 0 aliphatic carbocycles. The fourth-order valence-corrected chi connectivity index (χ4v) is 7.68. The standard InChI is InChI=1S/C60H104O6/c1-4-7-10-13-16-19-22-25-28-29-30-31-33-35-38-41-44-47-50-53-59(62)65-56-57(55-64-58(61)52-49-46-43-40-37-34-27-24-21-18-15-12-9-6-3)66-60(63)54-51-48-45-42-39-36-32-26-23-20-17-14-11-8-5-2/h15-16,18-19,24-25,27-28,30-31,35,38,57H,4-14,17,20-23,26,29,32-34,36-37,39-56H2,1-3H3/b18-15-,19-16-,27-24-,28-25-,31-30-,38-35-/t57-/m1/s1. The van der Waals surface area contributed by atoms with Gasteiger partial charge in [-0.15, -0.1) is 0 Å². The summed E-state index contributed by atoms with van der Waals surface area (Å²) in [6.45, 7) is 6.55. The predicted octanol–water partition coefficient (Wildman–Crippen LogP) is 18.6. The van der Waals surface area contributed by atoms with E-state index in [1.54, 1.807) is 0 Å². The molecular weight excluding hydrogens is 817 g/mol. The van der Waals surface area contributed by atoms with Crippen LogP contribution in [-0.2, 0) is 28.6 Å². The highest BCUT2D eigenvalue weighted by Gasteiger charge is 2.19. The molecule has 66 heavy (non-hydrogen) atoms. The van der Waals surface area contributed by atoms with Gasteiger partial charge in [0.15, 0.2) is 6.10 Å². The average molecular weight is 921 g/mol. The van der Waals surface area contributed by atoms with Gasteiger partial charge in [-0.2, -0.15) is 0 Å². The van der Waals surface area contributed by atoms with Gasteiger partial charge in [0.05, 0.1) is 0 Å². The molecule has 0 amide bonds. The van der Waals surface area contributed by atoms with Crippen molar-refractivity contribution in [1.82, 2.24) is 0 Å². The first-order valence-corrected chi connectivity index (χ1v) is 27.9. The Morgan fingerprint density at radius 3 is 0.939 bits per heavy atom. The minimum atomic E-state index is -0.793. The summed E-state index contributed by atoms with van der Waals surface area (Å²) in [6.07, 6.45) is 68.8. The number of allylic oxidation sites excluding steroid dienone is 12. The maximum atomic E-state index is 12.8. The lowest BCUT2D eigenvalue weighted by molar-refractivity contribution is -0.167. The zero-order valence-corrected chi connectivity index (χ0v) is 43.4. The van der Waals surface area contributed by atoms with Crippen molar-refractivity contribution < 1.29 is 28.6 Å². The molecule has 0 rings (SSSR count). The highest BCUT2D eigenvalue weighted by atomic mass is 16.6. The number of rotatable bonds is 50. The maximum Gasteiger partial charge on any atom is 0.306 e. The highest BCUT2D eigenvalue weighted by Crippen LogP contribution is 2.15. The van der Waals surface area contributed by atoms with E-state index in [0.717, 1.165) is 109 Å². The summed E-state index contributed by atoms with van der Waals surface area (Å²) in [4.78, 5) is 38.1. The molecule has 0 saturated heterocycles. The van der Waals surface area contributed by atoms with E-state index < -0.39 is 6.10 Å². The summed E-state index contributed by atoms with van der Waals surface area (Å²) in [5, 5.41) is 0. The highest BCUT2D eigenvalue weighted by molar-refractivity contribution is 5.71. The molecule has 6 heteroatoms. The molecule has 6 nitrogen and oxygen atoms in total. The first kappa shape index (κ1) is 62.8. The fourth-order valence-electron chi connectivity index (χ4n) is 7.68. The Morgan fingerprint density at radius 1 is 0.303 bits per heavy atom. The lowest BCUT2D eigenvalue weighted by Gasteiger charge is -2.18. The van der Waals surface area contributed by atoms with E-state index in [1.165, 1.54) is 122 Å². The number of ether oxygens (including phenoxy) is 3. The van der Waals surface area contributed by atoms with Gasteiger partial charge in [0.25, 0.3) is 0 Å². The number of carbonyl (C=O) groups excluding carboxylic acids is 3. The van der Waals surface area contributed by atoms with Gasteiger partial charge >= 0.3 is 17.9 Å². The molecule has 0 aromatic rings. The molecule has 0 aromatic carbocycles. The summed E-state index contributed by atoms with van der Waals surface area (Å²) < 4.78 is 16.8. The zero-order valence-electron chi connectivity index (χ0n) is 43.4. The summed E-state index contributed by atoms with van der Waals surface area (Å²) in [7, 11) is 0. The number of carbonyl (C=O) groups is 3. The zero-order chi connectivity index (χ0) is 47.9. The minimum absolute atomic E-state index is 0.0914. The first-order chi connectivity index (χ1) is 32.5. The largest absolute Gasteiger partial charge is 0.462 e. The van der Waals surface area contributed by atoms with E-state index in [1.807, 2.05) is 0 Å². The van der Waals surface area contributed by atoms with Gasteiger partial charge in [0, 0.05) is 19.3 Å². The van der Waals surface area contributed by atoms with Gasteiger partial charge in [-0.3, -0.25) is 14.4 Å². The Bertz CT molecular complexity index is 1240. The summed E-state index contributed by atoms with van der Waals surface area (Å²) >= 11 is 0. The molecule has 380 valence electrons. The average Bonchev–Trinajstić information content (AvgIpc) is 3.31. The summed E-state index contributed by atoms with van der Waals surface area (Å²) in [5.74, 6) is -0.928. The maximum absolute atomic E-state index is 12.8. The van der Waals surface area contributed by atoms with E-state index in [2.05, 4.69) is 93.7 Å². The van der Waals surface area contributed by atoms with E-state index in [-0.39, 0.29) is 31.1 Å². The number of unbranched alkanes of at least 4 members (excludes halogenated alkanes) is 27. The van der Waals surface area contributed by atoms with Crippen molar-refractivity contribution in [3.8, 4) is 0 Å². The Balaban J connectivity index is 4.44. The minimum Gasteiger partial charge on any atom is -0.462 e. The molecule has 0 spiro atoms. The molecule has 0 saturated carbocycles. The molecule has 0 unspecified atom stereocenters. The van der Waals surface area contributed by atoms with E-state index in [0.29, 0.717) is 19.3 Å². The van der Waals surface area contributed by atoms with Crippen LogP contribution in [-0.4, -0.2) is 37.2 Å². The second-order valence-corrected chi connectivity index (χ2v) is 18.5. The van der Waals surface area contributed by atoms with Crippen LogP contribution in [0.15, 0.2) is 72.9 Å². The Labute approximate surface area is 408 Å². The van der Waals surface area contributed by atoms with Crippen molar-refractivity contribution >= 4 is 17.9 Å². The fraction of sp³-hybridized carbons (Fsp3) is 0.750.